The van der Waals surface area contributed by atoms with E-state index >= 15 is 0 Å². The van der Waals surface area contributed by atoms with Crippen molar-refractivity contribution in [2.45, 2.75) is 19.0 Å². The highest BCUT2D eigenvalue weighted by molar-refractivity contribution is 9.10. The maximum Gasteiger partial charge on any atom is 0.405 e. The number of benzene rings is 2. The van der Waals surface area contributed by atoms with Crippen LogP contribution in [0.1, 0.15) is 22.3 Å². The third-order valence-corrected chi connectivity index (χ3v) is 4.53. The third-order valence-electron chi connectivity index (χ3n) is 4.00. The first-order chi connectivity index (χ1) is 12.0. The quantitative estimate of drug-likeness (QED) is 0.513. The second-order valence-corrected chi connectivity index (χ2v) is 6.71. The second kappa shape index (κ2) is 7.57. The molecule has 0 amide bonds. The van der Waals surface area contributed by atoms with Crippen LogP contribution in [0.2, 0.25) is 0 Å². The highest BCUT2D eigenvalue weighted by atomic mass is 79.9. The summed E-state index contributed by atoms with van der Waals surface area (Å²) in [6, 6.07) is 9.60. The van der Waals surface area contributed by atoms with Crippen LogP contribution in [0.15, 0.2) is 53.0 Å². The maximum atomic E-state index is 13.7. The molecule has 1 atom stereocenters. The topological polar surface area (TPSA) is 54.4 Å². The van der Waals surface area contributed by atoms with Crippen LogP contribution >= 0.6 is 15.9 Å². The molecule has 0 aromatic heterocycles. The Kier molecular flexibility index (Phi) is 5.85. The van der Waals surface area contributed by atoms with E-state index in [-0.39, 0.29) is 11.1 Å². The Hall–Kier alpha value is -2.22. The van der Waals surface area contributed by atoms with Crippen molar-refractivity contribution in [3.8, 4) is 0 Å². The van der Waals surface area contributed by atoms with Gasteiger partial charge in [-0.3, -0.25) is 9.59 Å². The van der Waals surface area contributed by atoms with E-state index < -0.39 is 42.0 Å². The molecule has 8 heteroatoms. The van der Waals surface area contributed by atoms with E-state index in [1.165, 1.54) is 24.3 Å². The van der Waals surface area contributed by atoms with Crippen LogP contribution < -0.4 is 0 Å². The Morgan fingerprint density at radius 3 is 1.96 bits per heavy atom. The molecule has 2 aromatic carbocycles. The summed E-state index contributed by atoms with van der Waals surface area (Å²) in [7, 11) is 0. The van der Waals surface area contributed by atoms with E-state index in [0.29, 0.717) is 4.47 Å². The number of carbonyl (C=O) groups is 2. The number of hydrogen-bond acceptors (Lipinski definition) is 2. The molecule has 138 valence electrons. The number of hydrogen-bond donors (Lipinski definition) is 1. The second-order valence-electron chi connectivity index (χ2n) is 5.80. The Morgan fingerprint density at radius 2 is 1.50 bits per heavy atom. The number of rotatable bonds is 6. The van der Waals surface area contributed by atoms with E-state index in [9.17, 15) is 32.3 Å². The van der Waals surface area contributed by atoms with Crippen molar-refractivity contribution >= 4 is 27.7 Å². The first-order valence-corrected chi connectivity index (χ1v) is 8.18. The first-order valence-electron chi connectivity index (χ1n) is 7.38. The Balaban J connectivity index is 2.42. The van der Waals surface area contributed by atoms with Crippen LogP contribution in [0.5, 0.6) is 0 Å². The highest BCUT2D eigenvalue weighted by Gasteiger charge is 2.61. The minimum atomic E-state index is -5.17. The average molecular weight is 433 g/mol. The zero-order valence-electron chi connectivity index (χ0n) is 13.2. The average Bonchev–Trinajstić information content (AvgIpc) is 2.55. The van der Waals surface area contributed by atoms with Crippen molar-refractivity contribution in [3.63, 3.8) is 0 Å². The first kappa shape index (κ1) is 20.1. The number of aliphatic carboxylic acids is 1. The SMILES string of the molecule is O=C(CC(Cc1ccc(Br)cc1)(C(=O)O)C(F)(F)F)c1ccc(F)cc1. The smallest absolute Gasteiger partial charge is 0.405 e. The fourth-order valence-corrected chi connectivity index (χ4v) is 2.76. The molecule has 0 aliphatic rings. The molecule has 2 rings (SSSR count). The lowest BCUT2D eigenvalue weighted by atomic mass is 9.75. The molecule has 1 unspecified atom stereocenters. The van der Waals surface area contributed by atoms with Crippen LogP contribution in [-0.2, 0) is 11.2 Å². The molecule has 0 fully saturated rings. The fourth-order valence-electron chi connectivity index (χ4n) is 2.50. The minimum Gasteiger partial charge on any atom is -0.481 e. The van der Waals surface area contributed by atoms with Gasteiger partial charge in [0.1, 0.15) is 5.82 Å². The van der Waals surface area contributed by atoms with Gasteiger partial charge >= 0.3 is 12.1 Å². The van der Waals surface area contributed by atoms with Crippen LogP contribution in [0.25, 0.3) is 0 Å². The van der Waals surface area contributed by atoms with Gasteiger partial charge in [0.2, 0.25) is 0 Å². The van der Waals surface area contributed by atoms with Gasteiger partial charge < -0.3 is 5.11 Å². The largest absolute Gasteiger partial charge is 0.481 e. The molecule has 0 radical (unpaired) electrons. The summed E-state index contributed by atoms with van der Waals surface area (Å²) in [6.07, 6.45) is -7.35. The Morgan fingerprint density at radius 1 is 0.962 bits per heavy atom. The van der Waals surface area contributed by atoms with Crippen molar-refractivity contribution in [1.29, 1.82) is 0 Å². The standard InChI is InChI=1S/C18H13BrF4O3/c19-13-5-1-11(2-6-13)9-17(16(25)26,18(21,22)23)10-15(24)12-3-7-14(20)8-4-12/h1-8H,9-10H2,(H,25,26). The van der Waals surface area contributed by atoms with Gasteiger partial charge in [0, 0.05) is 16.5 Å². The number of alkyl halides is 3. The number of Topliss-reactive ketones (excluding diaryl/α,β-unsaturated/α-hetero) is 1. The van der Waals surface area contributed by atoms with Crippen LogP contribution in [0.4, 0.5) is 17.6 Å². The summed E-state index contributed by atoms with van der Waals surface area (Å²) in [5.74, 6) is -3.82. The van der Waals surface area contributed by atoms with Gasteiger partial charge in [-0.2, -0.15) is 13.2 Å². The van der Waals surface area contributed by atoms with Gasteiger partial charge in [-0.05, 0) is 48.4 Å². The minimum absolute atomic E-state index is 0.125. The van der Waals surface area contributed by atoms with Crippen molar-refractivity contribution in [2.24, 2.45) is 5.41 Å². The molecule has 0 spiro atoms. The molecule has 0 aliphatic carbocycles. The van der Waals surface area contributed by atoms with Gasteiger partial charge in [-0.25, -0.2) is 4.39 Å². The number of halogens is 5. The molecular formula is C18H13BrF4O3. The predicted molar refractivity (Wildman–Crippen MR) is 89.3 cm³/mol. The van der Waals surface area contributed by atoms with Crippen LogP contribution in [0.3, 0.4) is 0 Å². The van der Waals surface area contributed by atoms with Gasteiger partial charge in [-0.1, -0.05) is 28.1 Å². The molecule has 0 saturated heterocycles. The Bertz CT molecular complexity index is 801. The summed E-state index contributed by atoms with van der Waals surface area (Å²) < 4.78 is 54.7. The molecule has 3 nitrogen and oxygen atoms in total. The third kappa shape index (κ3) is 4.30. The summed E-state index contributed by atoms with van der Waals surface area (Å²) in [6.45, 7) is 0. The van der Waals surface area contributed by atoms with Crippen molar-refractivity contribution in [2.75, 3.05) is 0 Å². The molecular weight excluding hydrogens is 420 g/mol. The molecule has 2 aromatic rings. The molecule has 0 heterocycles. The van der Waals surface area contributed by atoms with Gasteiger partial charge in [0.25, 0.3) is 0 Å². The summed E-state index contributed by atoms with van der Waals surface area (Å²) >= 11 is 3.15. The summed E-state index contributed by atoms with van der Waals surface area (Å²) in [5.41, 5.74) is -3.34. The molecule has 1 N–H and O–H groups in total. The monoisotopic (exact) mass is 432 g/mol. The lowest BCUT2D eigenvalue weighted by molar-refractivity contribution is -0.230. The predicted octanol–water partition coefficient (Wildman–Crippen LogP) is 5.04. The van der Waals surface area contributed by atoms with Crippen molar-refractivity contribution < 1.29 is 32.3 Å². The van der Waals surface area contributed by atoms with E-state index in [1.54, 1.807) is 0 Å². The number of carboxylic acids is 1. The van der Waals surface area contributed by atoms with Gasteiger partial charge in [0.05, 0.1) is 0 Å². The number of carboxylic acid groups (broad SMARTS) is 1. The van der Waals surface area contributed by atoms with Crippen molar-refractivity contribution in [1.82, 2.24) is 0 Å². The number of ketones is 1. The molecule has 26 heavy (non-hydrogen) atoms. The fraction of sp³-hybridized carbons (Fsp3) is 0.222. The number of carbonyl (C=O) groups excluding carboxylic acids is 1. The maximum absolute atomic E-state index is 13.7. The molecule has 0 saturated carbocycles. The summed E-state index contributed by atoms with van der Waals surface area (Å²) in [4.78, 5) is 23.9. The zero-order chi connectivity index (χ0) is 19.5. The zero-order valence-corrected chi connectivity index (χ0v) is 14.8. The van der Waals surface area contributed by atoms with Crippen molar-refractivity contribution in [3.05, 3.63) is 69.9 Å². The van der Waals surface area contributed by atoms with Crippen LogP contribution in [-0.4, -0.2) is 23.0 Å². The van der Waals surface area contributed by atoms with E-state index in [4.69, 9.17) is 0 Å². The Labute approximate surface area is 154 Å². The van der Waals surface area contributed by atoms with E-state index in [2.05, 4.69) is 15.9 Å². The molecule has 0 bridgehead atoms. The van der Waals surface area contributed by atoms with E-state index in [0.717, 1.165) is 24.3 Å². The molecule has 0 aliphatic heterocycles. The normalized spacial score (nSPS) is 13.9. The lowest BCUT2D eigenvalue weighted by Gasteiger charge is -2.31. The van der Waals surface area contributed by atoms with Gasteiger partial charge in [-0.15, -0.1) is 0 Å². The van der Waals surface area contributed by atoms with Crippen LogP contribution in [0, 0.1) is 11.2 Å². The van der Waals surface area contributed by atoms with Gasteiger partial charge in [0.15, 0.2) is 11.2 Å². The highest BCUT2D eigenvalue weighted by Crippen LogP contribution is 2.45. The lowest BCUT2D eigenvalue weighted by Crippen LogP contribution is -2.48. The summed E-state index contributed by atoms with van der Waals surface area (Å²) in [5, 5.41) is 9.37. The van der Waals surface area contributed by atoms with E-state index in [1.807, 2.05) is 0 Å².